The average Bonchev–Trinajstić information content (AvgIpc) is 1.50. The van der Waals surface area contributed by atoms with Crippen LogP contribution in [0.15, 0.2) is 430 Å². The highest BCUT2D eigenvalue weighted by Crippen LogP contribution is 2.47. The van der Waals surface area contributed by atoms with Crippen molar-refractivity contribution in [3.8, 4) is 0 Å². The minimum absolute atomic E-state index is 0.895. The van der Waals surface area contributed by atoms with E-state index < -0.39 is 0 Å². The van der Waals surface area contributed by atoms with E-state index in [-0.39, 0.29) is 0 Å². The molecule has 0 saturated carbocycles. The van der Waals surface area contributed by atoms with Gasteiger partial charge >= 0.3 is 0 Å². The average molecular weight is 1860 g/mol. The van der Waals surface area contributed by atoms with E-state index in [9.17, 15) is 0 Å². The maximum Gasteiger partial charge on any atom is 0.160 e. The Kier molecular flexibility index (Phi) is 16.7. The predicted molar refractivity (Wildman–Crippen MR) is 572 cm³/mol. The summed E-state index contributed by atoms with van der Waals surface area (Å²) in [6, 6.07) is 86.9. The van der Waals surface area contributed by atoms with Crippen LogP contribution in [0.3, 0.4) is 0 Å². The molecule has 0 atom stereocenters. The second kappa shape index (κ2) is 30.5. The summed E-state index contributed by atoms with van der Waals surface area (Å²) in [5.74, 6) is 0. The van der Waals surface area contributed by atoms with Crippen molar-refractivity contribution in [2.24, 2.45) is 0 Å². The second-order valence-corrected chi connectivity index (χ2v) is 35.9. The Balaban J connectivity index is 0.0000000788. The molecule has 144 heavy (non-hydrogen) atoms. The van der Waals surface area contributed by atoms with Crippen LogP contribution in [0.5, 0.6) is 0 Å². The van der Waals surface area contributed by atoms with Crippen LogP contribution in [0.2, 0.25) is 0 Å². The standard InChI is InChI=1S/6C20H11N3O/c1-2-4-18-13(3-1)15-9-17-14(10-19(15)24-18)12-5-6-21-11-16(12)20-22-7-8-23(17)20;1-2-4-18-13(3-1)15-9-14-12-5-6-21-11-16(12)20-22-7-8-23(20)17(14)10-19(15)24-18;1-2-4-16-14(3-1)18-17(24-16)6-5-13-12-7-8-21-11-15(12)20-22-9-10-23(20)19(13)18;1-2-4-16-13(3-1)19-17(24-16)6-5-15-18(19)12-7-8-21-11-14(12)20-22-9-10-23(15)20;1-2-4-17-13(3-1)15-6-5-14-12-7-8-21-11-16(12)20-22-9-10-23(20)18(14)19(15)24-17;1-2-4-17-12(3-1)14-5-6-16-18(19(14)24-17)13-7-8-21-11-15(13)20-22-9-10-23(16)20/h6*1-11H. The molecule has 36 rings (SSSR count). The number of fused-ring (bicyclic) bond motifs is 58. The topological polar surface area (TPSA) is 260 Å². The monoisotopic (exact) mass is 1850 g/mol. The third-order valence-electron chi connectivity index (χ3n) is 28.5. The van der Waals surface area contributed by atoms with Gasteiger partial charge in [0.25, 0.3) is 0 Å². The second-order valence-electron chi connectivity index (χ2n) is 35.9. The number of rotatable bonds is 0. The number of para-hydroxylation sites is 6. The van der Waals surface area contributed by atoms with Gasteiger partial charge in [-0.1, -0.05) is 115 Å². The summed E-state index contributed by atoms with van der Waals surface area (Å²) in [7, 11) is 0. The fourth-order valence-corrected chi connectivity index (χ4v) is 22.3. The molecule has 0 aliphatic rings. The number of furan rings is 6. The van der Waals surface area contributed by atoms with E-state index in [1.807, 2.05) is 276 Å². The van der Waals surface area contributed by atoms with E-state index in [1.165, 1.54) is 16.2 Å². The summed E-state index contributed by atoms with van der Waals surface area (Å²) >= 11 is 0. The third-order valence-corrected chi connectivity index (χ3v) is 28.5. The summed E-state index contributed by atoms with van der Waals surface area (Å²) in [5.41, 5.74) is 23.0. The highest BCUT2D eigenvalue weighted by molar-refractivity contribution is 6.30. The van der Waals surface area contributed by atoms with Gasteiger partial charge in [-0.25, -0.2) is 29.9 Å². The first kappa shape index (κ1) is 78.7. The molecule has 0 unspecified atom stereocenters. The molecule has 24 nitrogen and oxygen atoms in total. The Morgan fingerprint density at radius 2 is 0.458 bits per heavy atom. The van der Waals surface area contributed by atoms with Crippen LogP contribution in [-0.4, -0.2) is 86.2 Å². The normalized spacial score (nSPS) is 12.2. The van der Waals surface area contributed by atoms with E-state index in [0.717, 1.165) is 279 Å². The van der Waals surface area contributed by atoms with Gasteiger partial charge in [0.05, 0.1) is 43.9 Å². The molecule has 24 heterocycles. The number of benzene rings is 12. The molecule has 12 aromatic carbocycles. The van der Waals surface area contributed by atoms with Gasteiger partial charge in [-0.05, 0) is 160 Å². The zero-order chi connectivity index (χ0) is 94.0. The van der Waals surface area contributed by atoms with Gasteiger partial charge in [-0.2, -0.15) is 0 Å². The molecular formula is C120H66N18O6. The maximum atomic E-state index is 6.25. The molecule has 0 aliphatic heterocycles. The van der Waals surface area contributed by atoms with Crippen LogP contribution < -0.4 is 0 Å². The lowest BCUT2D eigenvalue weighted by molar-refractivity contribution is 0.669. The molecular weight excluding hydrogens is 1790 g/mol. The van der Waals surface area contributed by atoms with Gasteiger partial charge in [0, 0.05) is 279 Å². The summed E-state index contributed by atoms with van der Waals surface area (Å²) < 4.78 is 49.4. The fraction of sp³-hybridized carbons (Fsp3) is 0. The summed E-state index contributed by atoms with van der Waals surface area (Å²) in [6.07, 6.45) is 45.2. The first-order valence-corrected chi connectivity index (χ1v) is 47.1. The van der Waals surface area contributed by atoms with Gasteiger partial charge in [0.1, 0.15) is 95.3 Å². The van der Waals surface area contributed by atoms with Crippen molar-refractivity contribution in [2.45, 2.75) is 0 Å². The lowest BCUT2D eigenvalue weighted by Gasteiger charge is -2.08. The minimum atomic E-state index is 0.895. The first-order chi connectivity index (χ1) is 71.5. The predicted octanol–water partition coefficient (Wildman–Crippen LogP) is 29.6. The van der Waals surface area contributed by atoms with Crippen LogP contribution in [-0.2, 0) is 0 Å². The van der Waals surface area contributed by atoms with Crippen molar-refractivity contribution in [3.63, 3.8) is 0 Å². The van der Waals surface area contributed by atoms with E-state index in [0.29, 0.717) is 0 Å². The molecule has 0 amide bonds. The zero-order valence-electron chi connectivity index (χ0n) is 75.6. The molecule has 24 heteroatoms. The van der Waals surface area contributed by atoms with Crippen molar-refractivity contribution in [3.05, 3.63) is 404 Å². The number of hydrogen-bond donors (Lipinski definition) is 0. The summed E-state index contributed by atoms with van der Waals surface area (Å²) in [6.45, 7) is 0. The van der Waals surface area contributed by atoms with Crippen LogP contribution in [0.25, 0.3) is 296 Å². The summed E-state index contributed by atoms with van der Waals surface area (Å²) in [5, 5.41) is 33.7. The van der Waals surface area contributed by atoms with E-state index >= 15 is 0 Å². The summed E-state index contributed by atoms with van der Waals surface area (Å²) in [4.78, 5) is 52.9. The molecule has 0 N–H and O–H groups in total. The smallest absolute Gasteiger partial charge is 0.160 e. The number of imidazole rings is 6. The number of nitrogens with zero attached hydrogens (tertiary/aromatic N) is 18. The number of pyridine rings is 12. The molecule has 0 fully saturated rings. The Labute approximate surface area is 806 Å². The first-order valence-electron chi connectivity index (χ1n) is 47.1. The van der Waals surface area contributed by atoms with Crippen LogP contribution in [0.1, 0.15) is 0 Å². The van der Waals surface area contributed by atoms with Crippen molar-refractivity contribution in [2.75, 3.05) is 0 Å². The number of aromatic nitrogens is 18. The van der Waals surface area contributed by atoms with E-state index in [1.54, 1.807) is 0 Å². The van der Waals surface area contributed by atoms with Gasteiger partial charge in [0.2, 0.25) is 0 Å². The van der Waals surface area contributed by atoms with Crippen LogP contribution in [0, 0.1) is 0 Å². The molecule has 36 aromatic rings. The van der Waals surface area contributed by atoms with E-state index in [2.05, 4.69) is 214 Å². The van der Waals surface area contributed by atoms with Crippen molar-refractivity contribution in [1.29, 1.82) is 0 Å². The lowest BCUT2D eigenvalue weighted by Crippen LogP contribution is -1.91. The van der Waals surface area contributed by atoms with Crippen LogP contribution >= 0.6 is 0 Å². The molecule has 672 valence electrons. The van der Waals surface area contributed by atoms with Gasteiger partial charge < -0.3 is 26.5 Å². The van der Waals surface area contributed by atoms with Gasteiger partial charge in [-0.15, -0.1) is 0 Å². The van der Waals surface area contributed by atoms with Crippen LogP contribution in [0.4, 0.5) is 0 Å². The van der Waals surface area contributed by atoms with Crippen molar-refractivity contribution >= 4 is 296 Å². The third kappa shape index (κ3) is 11.5. The SMILES string of the molecule is c1ccc2c(c1)oc1c2ccc2c1c1ccncc1c1nccn21.c1ccc2c(c1)oc1c2ccc2c3ccncc3c3nccn3c21.c1ccc2c(c1)oc1cc3c(cc12)c1ccncc1c1nccn31.c1ccc2c(c1)oc1cc3c4ccncc4c4nccn4c3cc12.c1ccc2c(c1)oc1ccc3c(c4ccncc4c4nccn34)c12.c1ccc2c(c1)oc1ccc3c4ccncc4c4nccn4c3c12. The lowest BCUT2D eigenvalue weighted by atomic mass is 10.0. The number of hydrogen-bond acceptors (Lipinski definition) is 18. The quantitative estimate of drug-likeness (QED) is 0.128. The molecule has 0 spiro atoms. The molecule has 0 radical (unpaired) electrons. The van der Waals surface area contributed by atoms with Gasteiger partial charge in [-0.3, -0.25) is 56.3 Å². The Morgan fingerprint density at radius 1 is 0.153 bits per heavy atom. The molecule has 24 aromatic heterocycles. The minimum Gasteiger partial charge on any atom is -0.456 e. The Morgan fingerprint density at radius 3 is 0.965 bits per heavy atom. The highest BCUT2D eigenvalue weighted by atomic mass is 16.3. The molecule has 0 saturated heterocycles. The molecule has 0 bridgehead atoms. The Hall–Kier alpha value is -20.4. The van der Waals surface area contributed by atoms with Crippen molar-refractivity contribution in [1.82, 2.24) is 86.2 Å². The molecule has 0 aliphatic carbocycles. The fourth-order valence-electron chi connectivity index (χ4n) is 22.3. The zero-order valence-corrected chi connectivity index (χ0v) is 75.6. The highest BCUT2D eigenvalue weighted by Gasteiger charge is 2.25. The Bertz CT molecular complexity index is 11700. The van der Waals surface area contributed by atoms with Crippen molar-refractivity contribution < 1.29 is 26.5 Å². The maximum absolute atomic E-state index is 6.25. The van der Waals surface area contributed by atoms with Gasteiger partial charge in [0.15, 0.2) is 5.58 Å². The van der Waals surface area contributed by atoms with E-state index in [4.69, 9.17) is 26.5 Å². The largest absolute Gasteiger partial charge is 0.456 e.